The summed E-state index contributed by atoms with van der Waals surface area (Å²) in [6.07, 6.45) is 4.30. The third-order valence-electron chi connectivity index (χ3n) is 4.33. The Morgan fingerprint density at radius 2 is 2.00 bits per heavy atom. The number of hydrogen-bond acceptors (Lipinski definition) is 3. The summed E-state index contributed by atoms with van der Waals surface area (Å²) in [6.45, 7) is 0.852. The van der Waals surface area contributed by atoms with Crippen LogP contribution < -0.4 is 10.7 Å². The Hall–Kier alpha value is -2.31. The van der Waals surface area contributed by atoms with E-state index in [-0.39, 0.29) is 35.4 Å². The predicted molar refractivity (Wildman–Crippen MR) is 101 cm³/mol. The monoisotopic (exact) mass is 393 g/mol. The highest BCUT2D eigenvalue weighted by Crippen LogP contribution is 2.25. The van der Waals surface area contributed by atoms with E-state index in [1.165, 1.54) is 24.5 Å². The zero-order valence-electron chi connectivity index (χ0n) is 13.8. The number of nitrogens with zero attached hydrogens (tertiary/aromatic N) is 1. The Kier molecular flexibility index (Phi) is 5.64. The molecule has 136 valence electrons. The van der Waals surface area contributed by atoms with Crippen molar-refractivity contribution in [2.45, 2.75) is 12.8 Å². The minimum Gasteiger partial charge on any atom is -0.366 e. The van der Waals surface area contributed by atoms with Crippen LogP contribution in [0.1, 0.15) is 23.2 Å². The molecule has 1 aromatic heterocycles. The Labute approximate surface area is 160 Å². The number of amides is 2. The van der Waals surface area contributed by atoms with Gasteiger partial charge in [-0.25, -0.2) is 0 Å². The first kappa shape index (κ1) is 18.5. The smallest absolute Gasteiger partial charge is 0.253 e. The molecule has 1 atom stereocenters. The Morgan fingerprint density at radius 3 is 2.73 bits per heavy atom. The van der Waals surface area contributed by atoms with E-state index < -0.39 is 0 Å². The van der Waals surface area contributed by atoms with Gasteiger partial charge in [-0.05, 0) is 31.0 Å². The number of likely N-dealkylation sites (tertiary alicyclic amines) is 1. The summed E-state index contributed by atoms with van der Waals surface area (Å²) in [5.41, 5.74) is 0.363. The van der Waals surface area contributed by atoms with Crippen LogP contribution in [-0.2, 0) is 4.79 Å². The molecule has 3 rings (SSSR count). The summed E-state index contributed by atoms with van der Waals surface area (Å²) >= 11 is 11.9. The van der Waals surface area contributed by atoms with E-state index in [2.05, 4.69) is 10.3 Å². The molecule has 0 spiro atoms. The standard InChI is InChI=1S/C18H17Cl2N3O3/c19-13-4-3-11(8-14(13)20)18(26)23-7-1-2-12(10-23)17(25)22-15-9-21-6-5-16(15)24/h3-6,8-9,12H,1-2,7,10H2,(H,21,24)(H,22,25)/t12-/m1/s1. The van der Waals surface area contributed by atoms with Gasteiger partial charge in [0.25, 0.3) is 5.91 Å². The summed E-state index contributed by atoms with van der Waals surface area (Å²) in [4.78, 5) is 41.3. The van der Waals surface area contributed by atoms with Crippen LogP contribution in [0.2, 0.25) is 10.0 Å². The Morgan fingerprint density at radius 1 is 1.19 bits per heavy atom. The zero-order valence-corrected chi connectivity index (χ0v) is 15.3. The first-order valence-corrected chi connectivity index (χ1v) is 8.93. The van der Waals surface area contributed by atoms with Gasteiger partial charge >= 0.3 is 0 Å². The van der Waals surface area contributed by atoms with Gasteiger partial charge in [0.2, 0.25) is 11.3 Å². The molecule has 26 heavy (non-hydrogen) atoms. The van der Waals surface area contributed by atoms with Gasteiger partial charge in [0.1, 0.15) is 5.69 Å². The second-order valence-corrected chi connectivity index (χ2v) is 6.95. The van der Waals surface area contributed by atoms with Crippen molar-refractivity contribution in [2.75, 3.05) is 18.4 Å². The van der Waals surface area contributed by atoms with Gasteiger partial charge in [0, 0.05) is 37.1 Å². The second-order valence-electron chi connectivity index (χ2n) is 6.13. The second kappa shape index (κ2) is 7.93. The number of anilines is 1. The highest BCUT2D eigenvalue weighted by molar-refractivity contribution is 6.42. The lowest BCUT2D eigenvalue weighted by Crippen LogP contribution is -2.44. The van der Waals surface area contributed by atoms with Crippen molar-refractivity contribution in [3.8, 4) is 0 Å². The van der Waals surface area contributed by atoms with E-state index in [9.17, 15) is 14.4 Å². The molecule has 1 saturated heterocycles. The van der Waals surface area contributed by atoms with Crippen LogP contribution in [0.15, 0.2) is 41.5 Å². The van der Waals surface area contributed by atoms with Crippen LogP contribution >= 0.6 is 23.2 Å². The summed E-state index contributed by atoms with van der Waals surface area (Å²) in [7, 11) is 0. The van der Waals surface area contributed by atoms with E-state index in [0.29, 0.717) is 35.0 Å². The van der Waals surface area contributed by atoms with Crippen LogP contribution in [-0.4, -0.2) is 34.8 Å². The van der Waals surface area contributed by atoms with Gasteiger partial charge in [-0.2, -0.15) is 0 Å². The third kappa shape index (κ3) is 4.08. The van der Waals surface area contributed by atoms with E-state index in [1.807, 2.05) is 0 Å². The largest absolute Gasteiger partial charge is 0.366 e. The fourth-order valence-corrected chi connectivity index (χ4v) is 3.23. The van der Waals surface area contributed by atoms with E-state index in [1.54, 1.807) is 17.0 Å². The topological polar surface area (TPSA) is 82.3 Å². The molecule has 0 saturated carbocycles. The number of halogens is 2. The number of hydrogen-bond donors (Lipinski definition) is 2. The SMILES string of the molecule is O=C(Nc1c[nH]ccc1=O)[C@@H]1CCCN(C(=O)c2ccc(Cl)c(Cl)c2)C1. The van der Waals surface area contributed by atoms with Crippen molar-refractivity contribution in [1.82, 2.24) is 9.88 Å². The number of aromatic amines is 1. The van der Waals surface area contributed by atoms with Crippen LogP contribution in [0.3, 0.4) is 0 Å². The summed E-state index contributed by atoms with van der Waals surface area (Å²) in [5, 5.41) is 3.33. The van der Waals surface area contributed by atoms with Crippen molar-refractivity contribution in [1.29, 1.82) is 0 Å². The number of aromatic nitrogens is 1. The highest BCUT2D eigenvalue weighted by atomic mass is 35.5. The molecule has 1 fully saturated rings. The normalized spacial score (nSPS) is 17.0. The lowest BCUT2D eigenvalue weighted by Gasteiger charge is -2.32. The molecule has 0 radical (unpaired) electrons. The number of nitrogens with one attached hydrogen (secondary N) is 2. The predicted octanol–water partition coefficient (Wildman–Crippen LogP) is 3.17. The minimum absolute atomic E-state index is 0.196. The molecule has 0 bridgehead atoms. The lowest BCUT2D eigenvalue weighted by atomic mass is 9.96. The maximum Gasteiger partial charge on any atom is 0.253 e. The third-order valence-corrected chi connectivity index (χ3v) is 5.07. The average molecular weight is 394 g/mol. The lowest BCUT2D eigenvalue weighted by molar-refractivity contribution is -0.121. The molecule has 2 aromatic rings. The molecule has 8 heteroatoms. The first-order valence-electron chi connectivity index (χ1n) is 8.18. The molecular weight excluding hydrogens is 377 g/mol. The summed E-state index contributed by atoms with van der Waals surface area (Å²) in [5.74, 6) is -0.845. The number of pyridine rings is 1. The van der Waals surface area contributed by atoms with E-state index in [0.717, 1.165) is 0 Å². The molecule has 2 heterocycles. The zero-order chi connectivity index (χ0) is 18.7. The number of carbonyl (C=O) groups excluding carboxylic acids is 2. The van der Waals surface area contributed by atoms with Crippen molar-refractivity contribution in [2.24, 2.45) is 5.92 Å². The van der Waals surface area contributed by atoms with Gasteiger partial charge < -0.3 is 15.2 Å². The molecular formula is C18H17Cl2N3O3. The molecule has 2 amide bonds. The van der Waals surface area contributed by atoms with Crippen LogP contribution in [0.5, 0.6) is 0 Å². The number of carbonyl (C=O) groups is 2. The van der Waals surface area contributed by atoms with Gasteiger partial charge in [-0.1, -0.05) is 23.2 Å². The molecule has 1 aliphatic heterocycles. The average Bonchev–Trinajstić information content (AvgIpc) is 2.65. The van der Waals surface area contributed by atoms with E-state index in [4.69, 9.17) is 23.2 Å². The fraction of sp³-hybridized carbons (Fsp3) is 0.278. The maximum absolute atomic E-state index is 12.7. The van der Waals surface area contributed by atoms with Crippen molar-refractivity contribution < 1.29 is 9.59 Å². The van der Waals surface area contributed by atoms with Gasteiger partial charge in [-0.15, -0.1) is 0 Å². The van der Waals surface area contributed by atoms with Crippen molar-refractivity contribution in [3.05, 3.63) is 62.5 Å². The van der Waals surface area contributed by atoms with Gasteiger partial charge in [0.05, 0.1) is 16.0 Å². The summed E-state index contributed by atoms with van der Waals surface area (Å²) in [6, 6.07) is 6.06. The number of piperidine rings is 1. The molecule has 2 N–H and O–H groups in total. The maximum atomic E-state index is 12.7. The molecule has 1 aliphatic rings. The van der Waals surface area contributed by atoms with Crippen LogP contribution in [0.25, 0.3) is 0 Å². The molecule has 6 nitrogen and oxygen atoms in total. The minimum atomic E-state index is -0.380. The molecule has 0 unspecified atom stereocenters. The molecule has 1 aromatic carbocycles. The van der Waals surface area contributed by atoms with Crippen molar-refractivity contribution >= 4 is 40.7 Å². The van der Waals surface area contributed by atoms with Gasteiger partial charge in [-0.3, -0.25) is 14.4 Å². The number of rotatable bonds is 3. The van der Waals surface area contributed by atoms with Crippen LogP contribution in [0.4, 0.5) is 5.69 Å². The molecule has 0 aliphatic carbocycles. The van der Waals surface area contributed by atoms with E-state index >= 15 is 0 Å². The number of benzene rings is 1. The number of H-pyrrole nitrogens is 1. The quantitative estimate of drug-likeness (QED) is 0.839. The van der Waals surface area contributed by atoms with Crippen LogP contribution in [0, 0.1) is 5.92 Å². The fourth-order valence-electron chi connectivity index (χ4n) is 2.94. The first-order chi connectivity index (χ1) is 12.5. The van der Waals surface area contributed by atoms with Gasteiger partial charge in [0.15, 0.2) is 0 Å². The van der Waals surface area contributed by atoms with Crippen molar-refractivity contribution in [3.63, 3.8) is 0 Å². The summed E-state index contributed by atoms with van der Waals surface area (Å²) < 4.78 is 0. The highest BCUT2D eigenvalue weighted by Gasteiger charge is 2.29. The Balaban J connectivity index is 1.69. The Bertz CT molecular complexity index is 897.